The molecule has 0 unspecified atom stereocenters. The Balaban J connectivity index is 1.46. The van der Waals surface area contributed by atoms with Crippen LogP contribution in [0.15, 0.2) is 11.6 Å². The summed E-state index contributed by atoms with van der Waals surface area (Å²) < 4.78 is 13.4. The van der Waals surface area contributed by atoms with Gasteiger partial charge in [-0.05, 0) is 55.3 Å². The topological polar surface area (TPSA) is 72.9 Å². The van der Waals surface area contributed by atoms with E-state index in [2.05, 4.69) is 38.7 Å². The Kier molecular flexibility index (Phi) is 4.19. The molecule has 6 fully saturated rings. The first-order chi connectivity index (χ1) is 16.4. The number of allylic oxidation sites excluding steroid dienone is 2. The van der Waals surface area contributed by atoms with E-state index in [0.29, 0.717) is 25.2 Å². The van der Waals surface area contributed by atoms with Crippen molar-refractivity contribution in [3.8, 4) is 0 Å². The molecule has 3 aliphatic carbocycles. The normalized spacial score (nSPS) is 56.9. The van der Waals surface area contributed by atoms with Crippen molar-refractivity contribution in [2.45, 2.75) is 104 Å². The molecule has 6 heteroatoms. The third-order valence-corrected chi connectivity index (χ3v) is 12.2. The van der Waals surface area contributed by atoms with Crippen molar-refractivity contribution in [3.63, 3.8) is 0 Å². The first-order valence-corrected chi connectivity index (χ1v) is 13.8. The van der Waals surface area contributed by atoms with Crippen LogP contribution in [0.1, 0.15) is 86.0 Å². The maximum Gasteiger partial charge on any atom is 0.308 e. The summed E-state index contributed by atoms with van der Waals surface area (Å²) in [5.41, 5.74) is -1.43. The Bertz CT molecular complexity index is 1100. The smallest absolute Gasteiger partial charge is 0.308 e. The van der Waals surface area contributed by atoms with Crippen molar-refractivity contribution in [3.05, 3.63) is 11.6 Å². The second-order valence-corrected chi connectivity index (χ2v) is 14.1. The molecule has 190 valence electrons. The molecule has 0 radical (unpaired) electrons. The number of nitrogens with zero attached hydrogens (tertiary/aromatic N) is 1. The fourth-order valence-electron chi connectivity index (χ4n) is 10.9. The summed E-state index contributed by atoms with van der Waals surface area (Å²) in [5, 5.41) is 0. The number of hydrogen-bond acceptors (Lipinski definition) is 6. The molecule has 4 bridgehead atoms. The molecule has 4 aliphatic heterocycles. The Morgan fingerprint density at radius 2 is 1.86 bits per heavy atom. The molecule has 35 heavy (non-hydrogen) atoms. The minimum Gasteiger partial charge on any atom is -0.443 e. The predicted octanol–water partition coefficient (Wildman–Crippen LogP) is 4.41. The SMILES string of the molecule is CC1=C[C@@H]2[C@H](CC(=O)[C@H]3[C@@]2(C)C[C@@]24OC(=O)C[C@]3(C)[C@]2(C)CC[C@]23C[C@@H](C)C[C@H](CN24)O3)C(=O)C1. The quantitative estimate of drug-likeness (QED) is 0.377. The Labute approximate surface area is 208 Å². The molecule has 7 rings (SSSR count). The van der Waals surface area contributed by atoms with E-state index in [1.54, 1.807) is 0 Å². The molecule has 4 saturated heterocycles. The van der Waals surface area contributed by atoms with Crippen molar-refractivity contribution in [1.82, 2.24) is 4.90 Å². The van der Waals surface area contributed by atoms with E-state index in [0.717, 1.165) is 37.8 Å². The first-order valence-electron chi connectivity index (χ1n) is 13.8. The summed E-state index contributed by atoms with van der Waals surface area (Å²) in [6.45, 7) is 11.9. The number of fused-ring (bicyclic) bond motifs is 5. The van der Waals surface area contributed by atoms with E-state index < -0.39 is 22.3 Å². The molecule has 4 heterocycles. The van der Waals surface area contributed by atoms with Gasteiger partial charge in [-0.25, -0.2) is 4.90 Å². The fraction of sp³-hybridized carbons (Fsp3) is 0.828. The standard InChI is InChI=1S/C29H39NO5/c1-16-9-20-19(21(31)10-16)11-22(32)24-25(20,3)15-29-27(5,26(24,4)13-23(33)35-29)6-7-28-12-17(2)8-18(34-28)14-30(28)29/h9,17-20,24H,6-8,10-15H2,1-5H3/t17-,18+,19-,20+,24-,25-,26-,27-,28-,29+/m0/s1. The molecule has 0 aromatic rings. The Morgan fingerprint density at radius 3 is 2.63 bits per heavy atom. The molecule has 6 nitrogen and oxygen atoms in total. The average molecular weight is 482 g/mol. The highest BCUT2D eigenvalue weighted by Crippen LogP contribution is 2.77. The van der Waals surface area contributed by atoms with Crippen molar-refractivity contribution >= 4 is 17.5 Å². The van der Waals surface area contributed by atoms with Gasteiger partial charge in [-0.15, -0.1) is 0 Å². The highest BCUT2D eigenvalue weighted by molar-refractivity contribution is 5.94. The monoisotopic (exact) mass is 481 g/mol. The predicted molar refractivity (Wildman–Crippen MR) is 128 cm³/mol. The third-order valence-electron chi connectivity index (χ3n) is 12.2. The van der Waals surface area contributed by atoms with Crippen LogP contribution in [0.3, 0.4) is 0 Å². The summed E-state index contributed by atoms with van der Waals surface area (Å²) in [7, 11) is 0. The molecular formula is C29H39NO5. The fourth-order valence-corrected chi connectivity index (χ4v) is 10.9. The van der Waals surface area contributed by atoms with E-state index in [1.165, 1.54) is 0 Å². The van der Waals surface area contributed by atoms with Gasteiger partial charge in [0.15, 0.2) is 5.72 Å². The molecule has 2 saturated carbocycles. The minimum absolute atomic E-state index is 0.00342. The van der Waals surface area contributed by atoms with Gasteiger partial charge in [-0.2, -0.15) is 0 Å². The summed E-state index contributed by atoms with van der Waals surface area (Å²) >= 11 is 0. The van der Waals surface area contributed by atoms with Crippen molar-refractivity contribution < 1.29 is 23.9 Å². The lowest BCUT2D eigenvalue weighted by atomic mass is 9.34. The summed E-state index contributed by atoms with van der Waals surface area (Å²) in [6, 6.07) is 0. The molecule has 0 amide bonds. The zero-order chi connectivity index (χ0) is 24.8. The summed E-state index contributed by atoms with van der Waals surface area (Å²) in [6.07, 6.45) is 7.89. The van der Waals surface area contributed by atoms with Crippen molar-refractivity contribution in [2.75, 3.05) is 6.54 Å². The molecule has 0 aromatic carbocycles. The van der Waals surface area contributed by atoms with Gasteiger partial charge < -0.3 is 9.47 Å². The highest BCUT2D eigenvalue weighted by Gasteiger charge is 2.82. The van der Waals surface area contributed by atoms with Gasteiger partial charge in [0.05, 0.1) is 12.5 Å². The Hall–Kier alpha value is -1.53. The maximum atomic E-state index is 14.0. The number of ether oxygens (including phenoxy) is 2. The first kappa shape index (κ1) is 22.7. The minimum atomic E-state index is -0.816. The van der Waals surface area contributed by atoms with Crippen LogP contribution in [0.5, 0.6) is 0 Å². The van der Waals surface area contributed by atoms with Crippen LogP contribution >= 0.6 is 0 Å². The van der Waals surface area contributed by atoms with Crippen LogP contribution in [0.25, 0.3) is 0 Å². The van der Waals surface area contributed by atoms with Crippen LogP contribution in [0.2, 0.25) is 0 Å². The number of rotatable bonds is 0. The zero-order valence-corrected chi connectivity index (χ0v) is 21.8. The number of piperidine rings is 1. The maximum absolute atomic E-state index is 14.0. The van der Waals surface area contributed by atoms with E-state index >= 15 is 0 Å². The molecular weight excluding hydrogens is 442 g/mol. The van der Waals surface area contributed by atoms with Crippen LogP contribution in [-0.2, 0) is 23.9 Å². The third kappa shape index (κ3) is 2.43. The summed E-state index contributed by atoms with van der Waals surface area (Å²) in [4.78, 5) is 43.1. The van der Waals surface area contributed by atoms with Crippen LogP contribution in [0, 0.1) is 39.9 Å². The van der Waals surface area contributed by atoms with Gasteiger partial charge in [-0.3, -0.25) is 14.4 Å². The van der Waals surface area contributed by atoms with E-state index in [-0.39, 0.29) is 53.2 Å². The van der Waals surface area contributed by atoms with Crippen LogP contribution in [0.4, 0.5) is 0 Å². The van der Waals surface area contributed by atoms with Gasteiger partial charge in [0.2, 0.25) is 0 Å². The number of carbonyl (C=O) groups is 3. The lowest BCUT2D eigenvalue weighted by Gasteiger charge is -2.76. The van der Waals surface area contributed by atoms with Gasteiger partial charge in [0.25, 0.3) is 0 Å². The lowest BCUT2D eigenvalue weighted by molar-refractivity contribution is -0.377. The van der Waals surface area contributed by atoms with Crippen molar-refractivity contribution in [2.24, 2.45) is 39.9 Å². The van der Waals surface area contributed by atoms with Gasteiger partial charge in [-0.1, -0.05) is 39.3 Å². The zero-order valence-electron chi connectivity index (χ0n) is 21.8. The second-order valence-electron chi connectivity index (χ2n) is 14.1. The largest absolute Gasteiger partial charge is 0.443 e. The summed E-state index contributed by atoms with van der Waals surface area (Å²) in [5.74, 6) is 0.277. The van der Waals surface area contributed by atoms with Crippen LogP contribution < -0.4 is 0 Å². The Morgan fingerprint density at radius 1 is 1.09 bits per heavy atom. The van der Waals surface area contributed by atoms with Crippen molar-refractivity contribution in [1.29, 1.82) is 0 Å². The number of carbonyl (C=O) groups excluding carboxylic acids is 3. The highest BCUT2D eigenvalue weighted by atomic mass is 16.6. The van der Waals surface area contributed by atoms with Crippen LogP contribution in [-0.4, -0.2) is 46.5 Å². The molecule has 1 spiro atoms. The number of hydrogen-bond donors (Lipinski definition) is 0. The van der Waals surface area contributed by atoms with E-state index in [1.807, 2.05) is 6.92 Å². The average Bonchev–Trinajstić information content (AvgIpc) is 3.01. The molecule has 0 N–H and O–H groups in total. The lowest BCUT2D eigenvalue weighted by Crippen LogP contribution is -2.82. The van der Waals surface area contributed by atoms with E-state index in [9.17, 15) is 14.4 Å². The van der Waals surface area contributed by atoms with E-state index in [4.69, 9.17) is 9.47 Å². The molecule has 0 aromatic heterocycles. The van der Waals surface area contributed by atoms with Gasteiger partial charge in [0.1, 0.15) is 17.3 Å². The van der Waals surface area contributed by atoms with Gasteiger partial charge >= 0.3 is 5.97 Å². The molecule has 7 aliphatic rings. The van der Waals surface area contributed by atoms with Gasteiger partial charge in [0, 0.05) is 43.1 Å². The molecule has 10 atom stereocenters. The number of esters is 1. The number of ketones is 2. The second kappa shape index (κ2) is 6.48. The number of Topliss-reactive ketones (excluding diaryl/α,β-unsaturated/α-hetero) is 2.